The zero-order valence-corrected chi connectivity index (χ0v) is 13.8. The number of carboxylic acid groups (broad SMARTS) is 1. The topological polar surface area (TPSA) is 66.8 Å². The molecule has 122 valence electrons. The lowest BCUT2D eigenvalue weighted by Gasteiger charge is -2.24. The predicted molar refractivity (Wildman–Crippen MR) is 85.1 cm³/mol. The summed E-state index contributed by atoms with van der Waals surface area (Å²) in [7, 11) is 1.60. The Kier molecular flexibility index (Phi) is 6.89. The molecule has 5 nitrogen and oxygen atoms in total. The Labute approximate surface area is 131 Å². The number of rotatable bonds is 8. The van der Waals surface area contributed by atoms with E-state index in [0.29, 0.717) is 12.5 Å². The van der Waals surface area contributed by atoms with Crippen molar-refractivity contribution < 1.29 is 19.4 Å². The molecule has 5 heteroatoms. The summed E-state index contributed by atoms with van der Waals surface area (Å²) in [6, 6.07) is 5.68. The Morgan fingerprint density at radius 1 is 1.32 bits per heavy atom. The fraction of sp³-hybridized carbons (Fsp3) is 0.529. The quantitative estimate of drug-likeness (QED) is 0.801. The molecule has 1 aromatic rings. The fourth-order valence-corrected chi connectivity index (χ4v) is 2.25. The van der Waals surface area contributed by atoms with Gasteiger partial charge in [-0.1, -0.05) is 26.0 Å². The van der Waals surface area contributed by atoms with Crippen molar-refractivity contribution in [3.05, 3.63) is 29.3 Å². The molecule has 0 bridgehead atoms. The van der Waals surface area contributed by atoms with Gasteiger partial charge in [0.05, 0.1) is 20.0 Å². The standard InChI is InChI=1S/C17H25NO4/c1-12(2)11-18(8-7-17(20)21)16(19)10-14-6-5-13(3)15(9-14)22-4/h5-6,9,12H,7-8,10-11H2,1-4H3,(H,20,21). The minimum Gasteiger partial charge on any atom is -0.496 e. The van der Waals surface area contributed by atoms with E-state index in [-0.39, 0.29) is 25.3 Å². The lowest BCUT2D eigenvalue weighted by molar-refractivity contribution is -0.138. The van der Waals surface area contributed by atoms with Crippen LogP contribution in [0.4, 0.5) is 0 Å². The molecule has 0 aliphatic rings. The second-order valence-electron chi connectivity index (χ2n) is 5.86. The minimum absolute atomic E-state index is 0.0321. The molecule has 0 fully saturated rings. The fourth-order valence-electron chi connectivity index (χ4n) is 2.25. The van der Waals surface area contributed by atoms with Gasteiger partial charge in [-0.15, -0.1) is 0 Å². The Morgan fingerprint density at radius 2 is 2.00 bits per heavy atom. The lowest BCUT2D eigenvalue weighted by Crippen LogP contribution is -2.37. The highest BCUT2D eigenvalue weighted by Crippen LogP contribution is 2.19. The number of aliphatic carboxylic acids is 1. The van der Waals surface area contributed by atoms with Gasteiger partial charge in [0.2, 0.25) is 5.91 Å². The van der Waals surface area contributed by atoms with Crippen LogP contribution in [-0.2, 0) is 16.0 Å². The molecule has 0 atom stereocenters. The van der Waals surface area contributed by atoms with Gasteiger partial charge in [-0.05, 0) is 30.0 Å². The van der Waals surface area contributed by atoms with Crippen LogP contribution in [0.25, 0.3) is 0 Å². The largest absolute Gasteiger partial charge is 0.496 e. The van der Waals surface area contributed by atoms with Crippen LogP contribution in [0.1, 0.15) is 31.4 Å². The number of carbonyl (C=O) groups is 2. The minimum atomic E-state index is -0.890. The molecule has 0 aliphatic carbocycles. The molecule has 1 aromatic carbocycles. The Morgan fingerprint density at radius 3 is 2.55 bits per heavy atom. The van der Waals surface area contributed by atoms with Crippen LogP contribution in [0.3, 0.4) is 0 Å². The third kappa shape index (κ3) is 5.76. The Hall–Kier alpha value is -2.04. The van der Waals surface area contributed by atoms with Crippen molar-refractivity contribution in [1.29, 1.82) is 0 Å². The third-order valence-corrected chi connectivity index (χ3v) is 3.36. The second kappa shape index (κ2) is 8.41. The van der Waals surface area contributed by atoms with Gasteiger partial charge in [0.25, 0.3) is 0 Å². The van der Waals surface area contributed by atoms with Crippen LogP contribution < -0.4 is 4.74 Å². The maximum absolute atomic E-state index is 12.4. The molecular weight excluding hydrogens is 282 g/mol. The smallest absolute Gasteiger partial charge is 0.305 e. The second-order valence-corrected chi connectivity index (χ2v) is 5.86. The number of amides is 1. The molecule has 22 heavy (non-hydrogen) atoms. The van der Waals surface area contributed by atoms with Crippen LogP contribution in [0.15, 0.2) is 18.2 Å². The van der Waals surface area contributed by atoms with Crippen molar-refractivity contribution in [3.63, 3.8) is 0 Å². The van der Waals surface area contributed by atoms with Gasteiger partial charge in [0.1, 0.15) is 5.75 Å². The van der Waals surface area contributed by atoms with Gasteiger partial charge in [0.15, 0.2) is 0 Å². The van der Waals surface area contributed by atoms with Gasteiger partial charge >= 0.3 is 5.97 Å². The normalized spacial score (nSPS) is 10.6. The van der Waals surface area contributed by atoms with Crippen LogP contribution in [0.2, 0.25) is 0 Å². The van der Waals surface area contributed by atoms with Crippen molar-refractivity contribution in [2.24, 2.45) is 5.92 Å². The van der Waals surface area contributed by atoms with Crippen LogP contribution >= 0.6 is 0 Å². The molecule has 0 saturated heterocycles. The van der Waals surface area contributed by atoms with E-state index >= 15 is 0 Å². The molecule has 0 radical (unpaired) electrons. The number of benzene rings is 1. The maximum Gasteiger partial charge on any atom is 0.305 e. The number of methoxy groups -OCH3 is 1. The van der Waals surface area contributed by atoms with E-state index in [0.717, 1.165) is 16.9 Å². The lowest BCUT2D eigenvalue weighted by atomic mass is 10.1. The summed E-state index contributed by atoms with van der Waals surface area (Å²) in [5, 5.41) is 8.81. The summed E-state index contributed by atoms with van der Waals surface area (Å²) >= 11 is 0. The zero-order valence-electron chi connectivity index (χ0n) is 13.8. The molecule has 0 spiro atoms. The number of carboxylic acids is 1. The highest BCUT2D eigenvalue weighted by Gasteiger charge is 2.17. The Bertz CT molecular complexity index is 525. The van der Waals surface area contributed by atoms with E-state index in [1.54, 1.807) is 12.0 Å². The molecule has 0 heterocycles. The highest BCUT2D eigenvalue weighted by atomic mass is 16.5. The third-order valence-electron chi connectivity index (χ3n) is 3.36. The molecule has 0 aliphatic heterocycles. The summed E-state index contributed by atoms with van der Waals surface area (Å²) in [4.78, 5) is 24.8. The first kappa shape index (κ1) is 18.0. The predicted octanol–water partition coefficient (Wildman–Crippen LogP) is 2.51. The molecule has 1 N–H and O–H groups in total. The molecule has 0 unspecified atom stereocenters. The first-order valence-corrected chi connectivity index (χ1v) is 7.46. The Balaban J connectivity index is 2.78. The molecule has 0 aromatic heterocycles. The SMILES string of the molecule is COc1cc(CC(=O)N(CCC(=O)O)CC(C)C)ccc1C. The van der Waals surface area contributed by atoms with Crippen molar-refractivity contribution >= 4 is 11.9 Å². The van der Waals surface area contributed by atoms with Crippen molar-refractivity contribution in [3.8, 4) is 5.75 Å². The van der Waals surface area contributed by atoms with E-state index in [1.165, 1.54) is 0 Å². The summed E-state index contributed by atoms with van der Waals surface area (Å²) in [6.07, 6.45) is 0.221. The van der Waals surface area contributed by atoms with Gasteiger partial charge in [-0.2, -0.15) is 0 Å². The first-order valence-electron chi connectivity index (χ1n) is 7.46. The van der Waals surface area contributed by atoms with Gasteiger partial charge in [-0.3, -0.25) is 9.59 Å². The van der Waals surface area contributed by atoms with Gasteiger partial charge in [-0.25, -0.2) is 0 Å². The molecular formula is C17H25NO4. The number of ether oxygens (including phenoxy) is 1. The number of hydrogen-bond acceptors (Lipinski definition) is 3. The van der Waals surface area contributed by atoms with E-state index in [2.05, 4.69) is 0 Å². The monoisotopic (exact) mass is 307 g/mol. The van der Waals surface area contributed by atoms with Gasteiger partial charge in [0, 0.05) is 13.1 Å². The van der Waals surface area contributed by atoms with E-state index < -0.39 is 5.97 Å². The number of aryl methyl sites for hydroxylation is 1. The van der Waals surface area contributed by atoms with Crippen molar-refractivity contribution in [2.75, 3.05) is 20.2 Å². The molecule has 1 amide bonds. The first-order chi connectivity index (χ1) is 10.3. The number of nitrogens with zero attached hydrogens (tertiary/aromatic N) is 1. The zero-order chi connectivity index (χ0) is 16.7. The highest BCUT2D eigenvalue weighted by molar-refractivity contribution is 5.79. The molecule has 0 saturated carbocycles. The summed E-state index contributed by atoms with van der Waals surface area (Å²) in [5.74, 6) is 0.107. The summed E-state index contributed by atoms with van der Waals surface area (Å²) in [6.45, 7) is 6.78. The van der Waals surface area contributed by atoms with E-state index in [9.17, 15) is 9.59 Å². The van der Waals surface area contributed by atoms with Gasteiger partial charge < -0.3 is 14.7 Å². The van der Waals surface area contributed by atoms with E-state index in [4.69, 9.17) is 9.84 Å². The van der Waals surface area contributed by atoms with Crippen LogP contribution in [0.5, 0.6) is 5.75 Å². The van der Waals surface area contributed by atoms with Crippen LogP contribution in [-0.4, -0.2) is 42.1 Å². The molecule has 1 rings (SSSR count). The average molecular weight is 307 g/mol. The van der Waals surface area contributed by atoms with E-state index in [1.807, 2.05) is 39.0 Å². The maximum atomic E-state index is 12.4. The number of hydrogen-bond donors (Lipinski definition) is 1. The summed E-state index contributed by atoms with van der Waals surface area (Å²) < 4.78 is 5.27. The van der Waals surface area contributed by atoms with Crippen LogP contribution in [0, 0.1) is 12.8 Å². The number of carbonyl (C=O) groups excluding carboxylic acids is 1. The summed E-state index contributed by atoms with van der Waals surface area (Å²) in [5.41, 5.74) is 1.89. The average Bonchev–Trinajstić information content (AvgIpc) is 2.44. The van der Waals surface area contributed by atoms with Crippen molar-refractivity contribution in [1.82, 2.24) is 4.90 Å². The van der Waals surface area contributed by atoms with Crippen molar-refractivity contribution in [2.45, 2.75) is 33.6 Å².